The van der Waals surface area contributed by atoms with E-state index in [4.69, 9.17) is 8.83 Å². The number of nitrogens with zero attached hydrogens (tertiary/aromatic N) is 2. The van der Waals surface area contributed by atoms with Crippen molar-refractivity contribution in [3.05, 3.63) is 133 Å². The van der Waals surface area contributed by atoms with Crippen LogP contribution in [-0.4, -0.2) is 48.1 Å². The lowest BCUT2D eigenvalue weighted by Crippen LogP contribution is -3.04. The summed E-state index contributed by atoms with van der Waals surface area (Å²) in [6, 6.07) is 38.7. The Morgan fingerprint density at radius 2 is 0.800 bits per heavy atom. The van der Waals surface area contributed by atoms with Gasteiger partial charge in [0.2, 0.25) is 0 Å². The van der Waals surface area contributed by atoms with Crippen LogP contribution in [0.2, 0.25) is 0 Å². The third-order valence-electron chi connectivity index (χ3n) is 7.75. The van der Waals surface area contributed by atoms with E-state index in [0.29, 0.717) is 23.3 Å². The summed E-state index contributed by atoms with van der Waals surface area (Å²) in [5, 5.41) is 26.0. The minimum atomic E-state index is -1.11. The van der Waals surface area contributed by atoms with E-state index in [9.17, 15) is 19.8 Å². The molecular weight excluding hydrogens is 632 g/mol. The highest BCUT2D eigenvalue weighted by Gasteiger charge is 2.17. The van der Waals surface area contributed by atoms with Crippen LogP contribution in [0.25, 0.3) is 45.2 Å². The first-order valence-corrected chi connectivity index (χ1v) is 16.7. The molecule has 10 heteroatoms. The molecule has 3 heterocycles. The van der Waals surface area contributed by atoms with Crippen molar-refractivity contribution in [3.63, 3.8) is 0 Å². The molecule has 4 aromatic carbocycles. The van der Waals surface area contributed by atoms with Gasteiger partial charge in [-0.05, 0) is 12.8 Å². The molecule has 256 valence electrons. The summed E-state index contributed by atoms with van der Waals surface area (Å²) >= 11 is 0. The van der Waals surface area contributed by atoms with E-state index < -0.39 is 11.9 Å². The minimum Gasteiger partial charge on any atom is -0.550 e. The lowest BCUT2D eigenvalue weighted by atomic mass is 10.1. The number of quaternary nitrogens is 2. The van der Waals surface area contributed by atoms with Gasteiger partial charge in [-0.2, -0.15) is 0 Å². The summed E-state index contributed by atoms with van der Waals surface area (Å²) in [6.07, 6.45) is 0.218. The molecule has 10 nitrogen and oxygen atoms in total. The Kier molecular flexibility index (Phi) is 13.2. The number of piperazine rings is 1. The van der Waals surface area contributed by atoms with Gasteiger partial charge in [-0.3, -0.25) is 0 Å². The highest BCUT2D eigenvalue weighted by atomic mass is 16.4. The zero-order valence-corrected chi connectivity index (χ0v) is 27.7. The van der Waals surface area contributed by atoms with E-state index in [0.717, 1.165) is 33.6 Å². The molecule has 0 bridgehead atoms. The number of oxazole rings is 2. The van der Waals surface area contributed by atoms with Gasteiger partial charge in [0.1, 0.15) is 37.6 Å². The Morgan fingerprint density at radius 3 is 1.08 bits per heavy atom. The second-order valence-corrected chi connectivity index (χ2v) is 11.5. The molecule has 0 saturated carbocycles. The van der Waals surface area contributed by atoms with Crippen molar-refractivity contribution in [1.29, 1.82) is 0 Å². The van der Waals surface area contributed by atoms with Crippen molar-refractivity contribution in [1.82, 2.24) is 9.97 Å². The van der Waals surface area contributed by atoms with E-state index in [1.807, 2.05) is 121 Å². The van der Waals surface area contributed by atoms with Crippen LogP contribution in [0.4, 0.5) is 0 Å². The molecule has 1 aliphatic heterocycles. The Balaban J connectivity index is 0.000000167. The van der Waals surface area contributed by atoms with Gasteiger partial charge in [0.25, 0.3) is 0 Å². The lowest BCUT2D eigenvalue weighted by molar-refractivity contribution is -0.787. The molecule has 4 N–H and O–H groups in total. The predicted molar refractivity (Wildman–Crippen MR) is 185 cm³/mol. The summed E-state index contributed by atoms with van der Waals surface area (Å²) in [4.78, 5) is 30.2. The summed E-state index contributed by atoms with van der Waals surface area (Å²) < 4.78 is 11.6. The maximum atomic E-state index is 10.6. The van der Waals surface area contributed by atoms with Crippen molar-refractivity contribution in [2.45, 2.75) is 25.7 Å². The van der Waals surface area contributed by atoms with Gasteiger partial charge in [-0.25, -0.2) is 9.97 Å². The van der Waals surface area contributed by atoms with Crippen molar-refractivity contribution < 1.29 is 39.3 Å². The van der Waals surface area contributed by atoms with E-state index in [1.54, 1.807) is 0 Å². The maximum Gasteiger partial charge on any atom is 0.195 e. The van der Waals surface area contributed by atoms with Crippen LogP contribution in [0.15, 0.2) is 130 Å². The van der Waals surface area contributed by atoms with E-state index in [2.05, 4.69) is 20.6 Å². The molecule has 50 heavy (non-hydrogen) atoms. The number of carbonyl (C=O) groups excluding carboxylic acids is 2. The van der Waals surface area contributed by atoms with E-state index in [1.165, 1.54) is 26.2 Å². The number of hydrogen-bond donors (Lipinski definition) is 2. The number of aliphatic carboxylic acids is 2. The van der Waals surface area contributed by atoms with Gasteiger partial charge >= 0.3 is 0 Å². The number of rotatable bonds is 10. The van der Waals surface area contributed by atoms with Crippen LogP contribution >= 0.6 is 0 Å². The molecule has 0 amide bonds. The zero-order valence-electron chi connectivity index (χ0n) is 27.7. The molecule has 1 aliphatic rings. The molecule has 0 radical (unpaired) electrons. The second-order valence-electron chi connectivity index (χ2n) is 11.5. The molecule has 0 aliphatic carbocycles. The summed E-state index contributed by atoms with van der Waals surface area (Å²) in [5.41, 5.74) is 5.14. The van der Waals surface area contributed by atoms with Crippen LogP contribution in [0.1, 0.15) is 24.6 Å². The molecule has 1 fully saturated rings. The number of carboxylic acids is 2. The average molecular weight is 673 g/mol. The van der Waals surface area contributed by atoms with Gasteiger partial charge in [-0.1, -0.05) is 121 Å². The number of carbonyl (C=O) groups is 2. The summed E-state index contributed by atoms with van der Waals surface area (Å²) in [5.74, 6) is -0.106. The average Bonchev–Trinajstić information content (AvgIpc) is 3.81. The quantitative estimate of drug-likeness (QED) is 0.224. The van der Waals surface area contributed by atoms with Gasteiger partial charge in [0, 0.05) is 47.0 Å². The number of carboxylic acid groups (broad SMARTS) is 2. The molecular formula is C40H40N4O6. The van der Waals surface area contributed by atoms with E-state index in [-0.39, 0.29) is 25.7 Å². The molecule has 1 saturated heterocycles. The minimum absolute atomic E-state index is 0.108. The molecule has 0 unspecified atom stereocenters. The van der Waals surface area contributed by atoms with E-state index >= 15 is 0 Å². The first-order chi connectivity index (χ1) is 24.5. The number of aryl methyl sites for hydroxylation is 2. The first-order valence-electron chi connectivity index (χ1n) is 16.7. The topological polar surface area (TPSA) is 166 Å². The summed E-state index contributed by atoms with van der Waals surface area (Å²) in [6.45, 7) is 5.28. The largest absolute Gasteiger partial charge is 0.550 e. The number of nitrogens with two attached hydrogens (primary N) is 2. The van der Waals surface area contributed by atoms with Crippen LogP contribution in [-0.2, 0) is 22.4 Å². The van der Waals surface area contributed by atoms with Crippen LogP contribution in [0.5, 0.6) is 0 Å². The standard InChI is InChI=1S/2C18H15NO3.C4H10N2/c2*20-16(21)12-11-15-19-17(13-7-3-1-4-8-13)18(22-15)14-9-5-2-6-10-14;1-2-6-4-3-5-1/h2*1-10H,11-12H2,(H,20,21);5-6H,1-4H2. The van der Waals surface area contributed by atoms with Crippen molar-refractivity contribution >= 4 is 11.9 Å². The smallest absolute Gasteiger partial charge is 0.195 e. The maximum absolute atomic E-state index is 10.6. The monoisotopic (exact) mass is 672 g/mol. The fourth-order valence-electron chi connectivity index (χ4n) is 5.27. The molecule has 6 aromatic rings. The second kappa shape index (κ2) is 18.6. The number of hydrogen-bond acceptors (Lipinski definition) is 8. The van der Waals surface area contributed by atoms with Gasteiger partial charge < -0.3 is 39.3 Å². The molecule has 0 atom stereocenters. The highest BCUT2D eigenvalue weighted by Crippen LogP contribution is 2.34. The first kappa shape index (κ1) is 35.5. The normalized spacial score (nSPS) is 12.2. The van der Waals surface area contributed by atoms with Crippen molar-refractivity contribution in [2.24, 2.45) is 0 Å². The van der Waals surface area contributed by atoms with Gasteiger partial charge in [0.05, 0.1) is 0 Å². The SMILES string of the molecule is C1C[NH2+]CC[NH2+]1.O=C([O-])CCc1nc(-c2ccccc2)c(-c2ccccc2)o1.O=C([O-])CCc1nc(-c2ccccc2)c(-c2ccccc2)o1. The van der Waals surface area contributed by atoms with Crippen LogP contribution < -0.4 is 20.8 Å². The Hall–Kier alpha value is -5.84. The number of aromatic nitrogens is 2. The van der Waals surface area contributed by atoms with Crippen LogP contribution in [0.3, 0.4) is 0 Å². The van der Waals surface area contributed by atoms with Gasteiger partial charge in [0.15, 0.2) is 23.3 Å². The fraction of sp³-hybridized carbons (Fsp3) is 0.200. The number of benzene rings is 4. The Bertz CT molecular complexity index is 1640. The Labute approximate surface area is 290 Å². The predicted octanol–water partition coefficient (Wildman–Crippen LogP) is 2.51. The highest BCUT2D eigenvalue weighted by molar-refractivity contribution is 5.78. The molecule has 7 rings (SSSR count). The molecule has 2 aromatic heterocycles. The summed E-state index contributed by atoms with van der Waals surface area (Å²) in [7, 11) is 0. The van der Waals surface area contributed by atoms with Crippen molar-refractivity contribution in [3.8, 4) is 45.2 Å². The Morgan fingerprint density at radius 1 is 0.500 bits per heavy atom. The fourth-order valence-corrected chi connectivity index (χ4v) is 5.27. The third kappa shape index (κ3) is 10.6. The van der Waals surface area contributed by atoms with Crippen molar-refractivity contribution in [2.75, 3.05) is 26.2 Å². The lowest BCUT2D eigenvalue weighted by Gasteiger charge is -2.04. The third-order valence-corrected chi connectivity index (χ3v) is 7.75. The van der Waals surface area contributed by atoms with Crippen LogP contribution in [0, 0.1) is 0 Å². The van der Waals surface area contributed by atoms with Gasteiger partial charge in [-0.15, -0.1) is 0 Å². The molecule has 0 spiro atoms. The zero-order chi connectivity index (χ0) is 35.0.